The van der Waals surface area contributed by atoms with E-state index in [1.807, 2.05) is 6.07 Å². The Balaban J connectivity index is 1.64. The Labute approximate surface area is 222 Å². The number of anilines is 2. The molecule has 0 aliphatic carbocycles. The minimum atomic E-state index is -0.0312. The Morgan fingerprint density at radius 2 is 0.919 bits per heavy atom. The Morgan fingerprint density at radius 1 is 0.486 bits per heavy atom. The minimum absolute atomic E-state index is 0.0312. The first-order valence-corrected chi connectivity index (χ1v) is 13.3. The smallest absolute Gasteiger partial charge is 0.126 e. The minimum Gasteiger partial charge on any atom is -0.320 e. The lowest BCUT2D eigenvalue weighted by Gasteiger charge is -2.34. The summed E-state index contributed by atoms with van der Waals surface area (Å²) in [5, 5.41) is 2.13. The molecule has 3 heteroatoms. The maximum Gasteiger partial charge on any atom is 0.126 e. The second kappa shape index (κ2) is 10.7. The molecule has 6 aromatic rings. The summed E-state index contributed by atoms with van der Waals surface area (Å²) in [4.78, 5) is 7.70. The van der Waals surface area contributed by atoms with Gasteiger partial charge in [0.05, 0.1) is 6.04 Å². The van der Waals surface area contributed by atoms with E-state index < -0.39 is 0 Å². The molecule has 2 nitrogen and oxygen atoms in total. The summed E-state index contributed by atoms with van der Waals surface area (Å²) in [6.07, 6.45) is 0. The zero-order valence-electron chi connectivity index (χ0n) is 20.3. The fourth-order valence-corrected chi connectivity index (χ4v) is 5.84. The van der Waals surface area contributed by atoms with Gasteiger partial charge in [0.25, 0.3) is 0 Å². The molecule has 6 rings (SSSR count). The lowest BCUT2D eigenvalue weighted by molar-refractivity contribution is 0.826. The lowest BCUT2D eigenvalue weighted by Crippen LogP contribution is -2.24. The lowest BCUT2D eigenvalue weighted by atomic mass is 9.96. The van der Waals surface area contributed by atoms with Gasteiger partial charge in [0, 0.05) is 16.8 Å². The molecule has 0 fully saturated rings. The molecular weight excluding hydrogens is 468 g/mol. The molecular formula is C34H26N2S. The SMILES string of the molecule is c1ccc(-c2nc(-c3ccccc3)c(N(c3ccccc3)C(c3ccccc3)c3ccccc3)s2)cc1. The van der Waals surface area contributed by atoms with Crippen molar-refractivity contribution in [2.75, 3.05) is 4.90 Å². The molecule has 0 aliphatic rings. The fraction of sp³-hybridized carbons (Fsp3) is 0.0294. The Bertz CT molecular complexity index is 1510. The highest BCUT2D eigenvalue weighted by Gasteiger charge is 2.29. The van der Waals surface area contributed by atoms with Gasteiger partial charge in [-0.1, -0.05) is 151 Å². The Morgan fingerprint density at radius 3 is 1.43 bits per heavy atom. The third-order valence-electron chi connectivity index (χ3n) is 6.42. The molecule has 1 aromatic heterocycles. The van der Waals surface area contributed by atoms with Crippen LogP contribution in [0.2, 0.25) is 0 Å². The average molecular weight is 495 g/mol. The number of benzene rings is 5. The number of hydrogen-bond acceptors (Lipinski definition) is 3. The number of nitrogens with zero attached hydrogens (tertiary/aromatic N) is 2. The monoisotopic (exact) mass is 494 g/mol. The molecule has 0 saturated heterocycles. The number of thiazole rings is 1. The molecule has 0 unspecified atom stereocenters. The van der Waals surface area contributed by atoms with Gasteiger partial charge in [-0.2, -0.15) is 0 Å². The Kier molecular flexibility index (Phi) is 6.61. The summed E-state index contributed by atoms with van der Waals surface area (Å²) in [6.45, 7) is 0. The molecule has 0 bridgehead atoms. The normalized spacial score (nSPS) is 10.9. The molecule has 37 heavy (non-hydrogen) atoms. The molecule has 0 aliphatic heterocycles. The first-order chi connectivity index (χ1) is 18.4. The van der Waals surface area contributed by atoms with Crippen molar-refractivity contribution in [1.82, 2.24) is 4.98 Å². The molecule has 0 amide bonds. The van der Waals surface area contributed by atoms with E-state index in [9.17, 15) is 0 Å². The topological polar surface area (TPSA) is 16.1 Å². The van der Waals surface area contributed by atoms with Gasteiger partial charge in [0.1, 0.15) is 15.7 Å². The number of rotatable bonds is 7. The summed E-state index contributed by atoms with van der Waals surface area (Å²) < 4.78 is 0. The molecule has 0 radical (unpaired) electrons. The van der Waals surface area contributed by atoms with Crippen molar-refractivity contribution >= 4 is 22.0 Å². The molecule has 1 heterocycles. The predicted molar refractivity (Wildman–Crippen MR) is 156 cm³/mol. The predicted octanol–water partition coefficient (Wildman–Crippen LogP) is 9.40. The molecule has 0 spiro atoms. The second-order valence-electron chi connectivity index (χ2n) is 8.83. The molecule has 178 valence electrons. The van der Waals surface area contributed by atoms with Crippen molar-refractivity contribution in [2.45, 2.75) is 6.04 Å². The van der Waals surface area contributed by atoms with Gasteiger partial charge in [-0.3, -0.25) is 0 Å². The van der Waals surface area contributed by atoms with Crippen LogP contribution in [0.15, 0.2) is 152 Å². The van der Waals surface area contributed by atoms with E-state index in [0.29, 0.717) is 0 Å². The van der Waals surface area contributed by atoms with Crippen LogP contribution >= 0.6 is 11.3 Å². The molecule has 0 N–H and O–H groups in total. The molecule has 5 aromatic carbocycles. The average Bonchev–Trinajstić information content (AvgIpc) is 3.43. The third-order valence-corrected chi connectivity index (χ3v) is 7.52. The third kappa shape index (κ3) is 4.82. The van der Waals surface area contributed by atoms with E-state index in [0.717, 1.165) is 32.5 Å². The van der Waals surface area contributed by atoms with Crippen LogP contribution in [0.3, 0.4) is 0 Å². The van der Waals surface area contributed by atoms with Crippen LogP contribution in [0.25, 0.3) is 21.8 Å². The van der Waals surface area contributed by atoms with Gasteiger partial charge in [-0.15, -0.1) is 0 Å². The van der Waals surface area contributed by atoms with Crippen LogP contribution in [0.4, 0.5) is 10.7 Å². The van der Waals surface area contributed by atoms with Gasteiger partial charge in [-0.25, -0.2) is 4.98 Å². The first-order valence-electron chi connectivity index (χ1n) is 12.4. The van der Waals surface area contributed by atoms with E-state index in [1.165, 1.54) is 11.1 Å². The number of para-hydroxylation sites is 1. The van der Waals surface area contributed by atoms with E-state index in [-0.39, 0.29) is 6.04 Å². The van der Waals surface area contributed by atoms with Gasteiger partial charge in [-0.05, 0) is 23.3 Å². The van der Waals surface area contributed by atoms with Crippen molar-refractivity contribution in [3.05, 3.63) is 163 Å². The highest BCUT2D eigenvalue weighted by molar-refractivity contribution is 7.19. The highest BCUT2D eigenvalue weighted by atomic mass is 32.1. The summed E-state index contributed by atoms with van der Waals surface area (Å²) in [6, 6.07) is 53.1. The van der Waals surface area contributed by atoms with Crippen LogP contribution in [-0.2, 0) is 0 Å². The van der Waals surface area contributed by atoms with E-state index in [2.05, 4.69) is 150 Å². The number of aromatic nitrogens is 1. The molecule has 0 atom stereocenters. The van der Waals surface area contributed by atoms with Gasteiger partial charge >= 0.3 is 0 Å². The van der Waals surface area contributed by atoms with Crippen molar-refractivity contribution < 1.29 is 0 Å². The van der Waals surface area contributed by atoms with Crippen molar-refractivity contribution in [3.8, 4) is 21.8 Å². The van der Waals surface area contributed by atoms with E-state index in [1.54, 1.807) is 11.3 Å². The quantitative estimate of drug-likeness (QED) is 0.220. The molecule has 0 saturated carbocycles. The standard InChI is InChI=1S/C34H26N2S/c1-6-16-26(17-7-1)31-34(37-33(35-31)29-22-12-4-13-23-29)36(30-24-14-5-15-25-30)32(27-18-8-2-9-19-27)28-20-10-3-11-21-28/h1-25,32H. The van der Waals surface area contributed by atoms with Crippen LogP contribution < -0.4 is 4.90 Å². The first kappa shape index (κ1) is 23.0. The summed E-state index contributed by atoms with van der Waals surface area (Å²) in [7, 11) is 0. The van der Waals surface area contributed by atoms with E-state index in [4.69, 9.17) is 4.98 Å². The second-order valence-corrected chi connectivity index (χ2v) is 9.81. The van der Waals surface area contributed by atoms with Crippen LogP contribution in [0.5, 0.6) is 0 Å². The van der Waals surface area contributed by atoms with Crippen LogP contribution in [-0.4, -0.2) is 4.98 Å². The number of hydrogen-bond donors (Lipinski definition) is 0. The van der Waals surface area contributed by atoms with Gasteiger partial charge in [0.15, 0.2) is 0 Å². The van der Waals surface area contributed by atoms with Crippen molar-refractivity contribution in [1.29, 1.82) is 0 Å². The summed E-state index contributed by atoms with van der Waals surface area (Å²) >= 11 is 1.74. The largest absolute Gasteiger partial charge is 0.320 e. The van der Waals surface area contributed by atoms with Crippen LogP contribution in [0, 0.1) is 0 Å². The summed E-state index contributed by atoms with van der Waals surface area (Å²) in [5.41, 5.74) is 6.81. The highest BCUT2D eigenvalue weighted by Crippen LogP contribution is 2.48. The van der Waals surface area contributed by atoms with E-state index >= 15 is 0 Å². The van der Waals surface area contributed by atoms with Gasteiger partial charge < -0.3 is 4.90 Å². The van der Waals surface area contributed by atoms with Gasteiger partial charge in [0.2, 0.25) is 0 Å². The zero-order valence-corrected chi connectivity index (χ0v) is 21.1. The summed E-state index contributed by atoms with van der Waals surface area (Å²) in [5.74, 6) is 0. The maximum atomic E-state index is 5.24. The zero-order chi connectivity index (χ0) is 24.9. The van der Waals surface area contributed by atoms with Crippen LogP contribution in [0.1, 0.15) is 17.2 Å². The van der Waals surface area contributed by atoms with Crippen molar-refractivity contribution in [3.63, 3.8) is 0 Å². The Hall–Kier alpha value is -4.47. The van der Waals surface area contributed by atoms with Crippen molar-refractivity contribution in [2.24, 2.45) is 0 Å². The maximum absolute atomic E-state index is 5.24. The fourth-order valence-electron chi connectivity index (χ4n) is 4.70.